The summed E-state index contributed by atoms with van der Waals surface area (Å²) in [6.07, 6.45) is 1.55. The number of rotatable bonds is 7. The zero-order valence-corrected chi connectivity index (χ0v) is 10.9. The monoisotopic (exact) mass is 269 g/mol. The van der Waals surface area contributed by atoms with Crippen molar-refractivity contribution in [3.8, 4) is 0 Å². The van der Waals surface area contributed by atoms with Gasteiger partial charge in [-0.1, -0.05) is 17.3 Å². The van der Waals surface area contributed by atoms with Crippen molar-refractivity contribution in [3.63, 3.8) is 0 Å². The van der Waals surface area contributed by atoms with Crippen molar-refractivity contribution < 1.29 is 14.7 Å². The Balaban J connectivity index is 2.60. The third kappa shape index (κ3) is 4.84. The number of oxime groups is 1. The lowest BCUT2D eigenvalue weighted by Gasteiger charge is -2.13. The number of aliphatic hydroxyl groups excluding tert-OH is 1. The predicted molar refractivity (Wildman–Crippen MR) is 71.5 cm³/mol. The van der Waals surface area contributed by atoms with Gasteiger partial charge in [0.2, 0.25) is 0 Å². The third-order valence-electron chi connectivity index (χ3n) is 2.89. The van der Waals surface area contributed by atoms with Crippen molar-refractivity contribution in [2.75, 3.05) is 6.61 Å². The van der Waals surface area contributed by atoms with Crippen LogP contribution in [0.15, 0.2) is 23.4 Å². The van der Waals surface area contributed by atoms with Crippen LogP contribution in [0.3, 0.4) is 0 Å². The second kappa shape index (κ2) is 7.70. The average Bonchev–Trinajstić information content (AvgIpc) is 2.42. The molecule has 0 heterocycles. The lowest BCUT2D eigenvalue weighted by molar-refractivity contribution is 0.276. The van der Waals surface area contributed by atoms with Crippen LogP contribution < -0.4 is 11.1 Å². The standard InChI is InChI=1S/C13H20FN3O2/c1-9(3-2-6-18)16-8-11-5-4-10(7-12(11)14)13(15)17-19/h4-5,7,9,16,18-19H,2-3,6,8H2,1H3,(H2,15,17). The zero-order chi connectivity index (χ0) is 14.3. The lowest BCUT2D eigenvalue weighted by atomic mass is 10.1. The van der Waals surface area contributed by atoms with Gasteiger partial charge in [0.25, 0.3) is 0 Å². The molecular formula is C13H20FN3O2. The Kier molecular flexibility index (Phi) is 6.24. The smallest absolute Gasteiger partial charge is 0.170 e. The van der Waals surface area contributed by atoms with Crippen LogP contribution in [0.2, 0.25) is 0 Å². The summed E-state index contributed by atoms with van der Waals surface area (Å²) in [4.78, 5) is 0. The molecule has 0 fully saturated rings. The predicted octanol–water partition coefficient (Wildman–Crippen LogP) is 1.17. The van der Waals surface area contributed by atoms with Crippen LogP contribution in [0.5, 0.6) is 0 Å². The summed E-state index contributed by atoms with van der Waals surface area (Å²) in [6, 6.07) is 4.65. The number of hydrogen-bond donors (Lipinski definition) is 4. The van der Waals surface area contributed by atoms with Gasteiger partial charge in [0.05, 0.1) is 0 Å². The quantitative estimate of drug-likeness (QED) is 0.259. The second-order valence-electron chi connectivity index (χ2n) is 4.44. The van der Waals surface area contributed by atoms with Crippen molar-refractivity contribution in [3.05, 3.63) is 35.1 Å². The molecule has 0 radical (unpaired) electrons. The number of halogens is 1. The highest BCUT2D eigenvalue weighted by atomic mass is 19.1. The minimum Gasteiger partial charge on any atom is -0.409 e. The number of nitrogens with two attached hydrogens (primary N) is 1. The van der Waals surface area contributed by atoms with E-state index in [4.69, 9.17) is 16.0 Å². The van der Waals surface area contributed by atoms with Gasteiger partial charge in [0.15, 0.2) is 5.84 Å². The molecule has 1 rings (SSSR count). The summed E-state index contributed by atoms with van der Waals surface area (Å²) < 4.78 is 13.8. The van der Waals surface area contributed by atoms with Gasteiger partial charge in [-0.3, -0.25) is 0 Å². The van der Waals surface area contributed by atoms with Crippen LogP contribution in [0, 0.1) is 5.82 Å². The van der Waals surface area contributed by atoms with Gasteiger partial charge >= 0.3 is 0 Å². The topological polar surface area (TPSA) is 90.9 Å². The van der Waals surface area contributed by atoms with E-state index in [0.717, 1.165) is 12.8 Å². The van der Waals surface area contributed by atoms with Crippen molar-refractivity contribution in [1.29, 1.82) is 0 Å². The first-order chi connectivity index (χ1) is 9.08. The third-order valence-corrected chi connectivity index (χ3v) is 2.89. The van der Waals surface area contributed by atoms with Crippen molar-refractivity contribution in [2.24, 2.45) is 10.9 Å². The highest BCUT2D eigenvalue weighted by Gasteiger charge is 2.08. The van der Waals surface area contributed by atoms with E-state index >= 15 is 0 Å². The van der Waals surface area contributed by atoms with Gasteiger partial charge in [0, 0.05) is 30.3 Å². The van der Waals surface area contributed by atoms with E-state index < -0.39 is 5.82 Å². The minimum absolute atomic E-state index is 0.116. The Morgan fingerprint density at radius 1 is 1.53 bits per heavy atom. The average molecular weight is 269 g/mol. The Labute approximate surface area is 111 Å². The first-order valence-corrected chi connectivity index (χ1v) is 6.19. The maximum atomic E-state index is 13.8. The Bertz CT molecular complexity index is 438. The molecule has 0 bridgehead atoms. The molecule has 0 saturated heterocycles. The molecule has 0 aliphatic rings. The van der Waals surface area contributed by atoms with E-state index in [1.165, 1.54) is 6.07 Å². The Morgan fingerprint density at radius 3 is 2.84 bits per heavy atom. The van der Waals surface area contributed by atoms with Gasteiger partial charge < -0.3 is 21.4 Å². The fourth-order valence-corrected chi connectivity index (χ4v) is 1.69. The molecule has 1 aromatic carbocycles. The highest BCUT2D eigenvalue weighted by molar-refractivity contribution is 5.97. The second-order valence-corrected chi connectivity index (χ2v) is 4.44. The molecular weight excluding hydrogens is 249 g/mol. The van der Waals surface area contributed by atoms with E-state index in [1.807, 2.05) is 6.92 Å². The van der Waals surface area contributed by atoms with Gasteiger partial charge in [0.1, 0.15) is 5.82 Å². The van der Waals surface area contributed by atoms with E-state index in [0.29, 0.717) is 17.7 Å². The van der Waals surface area contributed by atoms with Crippen molar-refractivity contribution in [1.82, 2.24) is 5.32 Å². The largest absolute Gasteiger partial charge is 0.409 e. The van der Waals surface area contributed by atoms with E-state index in [2.05, 4.69) is 10.5 Å². The van der Waals surface area contributed by atoms with Crippen LogP contribution in [-0.4, -0.2) is 28.8 Å². The molecule has 5 N–H and O–H groups in total. The van der Waals surface area contributed by atoms with Crippen LogP contribution >= 0.6 is 0 Å². The first kappa shape index (κ1) is 15.4. The number of nitrogens with one attached hydrogen (secondary N) is 1. The molecule has 0 saturated carbocycles. The van der Waals surface area contributed by atoms with Gasteiger partial charge in [-0.25, -0.2) is 4.39 Å². The molecule has 0 aromatic heterocycles. The Morgan fingerprint density at radius 2 is 2.26 bits per heavy atom. The summed E-state index contributed by atoms with van der Waals surface area (Å²) in [5.41, 5.74) is 6.25. The van der Waals surface area contributed by atoms with Crippen LogP contribution in [0.25, 0.3) is 0 Å². The van der Waals surface area contributed by atoms with E-state index in [-0.39, 0.29) is 18.5 Å². The fourth-order valence-electron chi connectivity index (χ4n) is 1.69. The summed E-state index contributed by atoms with van der Waals surface area (Å²) in [7, 11) is 0. The van der Waals surface area contributed by atoms with Crippen LogP contribution in [-0.2, 0) is 6.54 Å². The van der Waals surface area contributed by atoms with Gasteiger partial charge in [-0.2, -0.15) is 0 Å². The molecule has 0 amide bonds. The van der Waals surface area contributed by atoms with Crippen LogP contribution in [0.1, 0.15) is 30.9 Å². The number of nitrogens with zero attached hydrogens (tertiary/aromatic N) is 1. The molecule has 0 spiro atoms. The normalized spacial score (nSPS) is 13.5. The SMILES string of the molecule is CC(CCCO)NCc1ccc(C(N)=NO)cc1F. The summed E-state index contributed by atoms with van der Waals surface area (Å²) in [5, 5.41) is 23.2. The summed E-state index contributed by atoms with van der Waals surface area (Å²) >= 11 is 0. The minimum atomic E-state index is -0.397. The highest BCUT2D eigenvalue weighted by Crippen LogP contribution is 2.11. The summed E-state index contributed by atoms with van der Waals surface area (Å²) in [5.74, 6) is -0.513. The lowest BCUT2D eigenvalue weighted by Crippen LogP contribution is -2.26. The zero-order valence-electron chi connectivity index (χ0n) is 10.9. The fraction of sp³-hybridized carbons (Fsp3) is 0.462. The number of benzene rings is 1. The molecule has 19 heavy (non-hydrogen) atoms. The molecule has 5 nitrogen and oxygen atoms in total. The molecule has 1 unspecified atom stereocenters. The number of hydrogen-bond acceptors (Lipinski definition) is 4. The van der Waals surface area contributed by atoms with Crippen molar-refractivity contribution in [2.45, 2.75) is 32.4 Å². The molecule has 1 atom stereocenters. The summed E-state index contributed by atoms with van der Waals surface area (Å²) in [6.45, 7) is 2.54. The van der Waals surface area contributed by atoms with E-state index in [1.54, 1.807) is 12.1 Å². The molecule has 1 aromatic rings. The molecule has 0 aliphatic carbocycles. The molecule has 0 aliphatic heterocycles. The van der Waals surface area contributed by atoms with Crippen molar-refractivity contribution >= 4 is 5.84 Å². The first-order valence-electron chi connectivity index (χ1n) is 6.19. The molecule has 6 heteroatoms. The molecule has 106 valence electrons. The van der Waals surface area contributed by atoms with Gasteiger partial charge in [-0.05, 0) is 25.8 Å². The maximum absolute atomic E-state index is 13.8. The van der Waals surface area contributed by atoms with Crippen LogP contribution in [0.4, 0.5) is 4.39 Å². The maximum Gasteiger partial charge on any atom is 0.170 e. The van der Waals surface area contributed by atoms with E-state index in [9.17, 15) is 4.39 Å². The number of amidine groups is 1. The number of aliphatic hydroxyl groups is 1. The van der Waals surface area contributed by atoms with Gasteiger partial charge in [-0.15, -0.1) is 0 Å². The Hall–Kier alpha value is -1.66.